The number of hydrogen-bond donors (Lipinski definition) is 2. The highest BCUT2D eigenvalue weighted by Crippen LogP contribution is 2.24. The van der Waals surface area contributed by atoms with Crippen molar-refractivity contribution in [2.75, 3.05) is 12.0 Å². The van der Waals surface area contributed by atoms with Gasteiger partial charge in [-0.05, 0) is 49.6 Å². The Morgan fingerprint density at radius 1 is 1.17 bits per heavy atom. The van der Waals surface area contributed by atoms with Gasteiger partial charge in [-0.2, -0.15) is 16.5 Å². The van der Waals surface area contributed by atoms with E-state index in [1.165, 1.54) is 23.9 Å². The average Bonchev–Trinajstić information content (AvgIpc) is 3.15. The maximum Gasteiger partial charge on any atom is 0.244 e. The van der Waals surface area contributed by atoms with E-state index in [0.29, 0.717) is 17.1 Å². The lowest BCUT2D eigenvalue weighted by molar-refractivity contribution is -0.123. The molecule has 30 heavy (non-hydrogen) atoms. The van der Waals surface area contributed by atoms with Crippen LogP contribution in [0.5, 0.6) is 0 Å². The number of fused-ring (bicyclic) bond motifs is 1. The van der Waals surface area contributed by atoms with Gasteiger partial charge in [-0.15, -0.1) is 0 Å². The van der Waals surface area contributed by atoms with Crippen molar-refractivity contribution in [1.29, 1.82) is 0 Å². The molecule has 0 saturated heterocycles. The van der Waals surface area contributed by atoms with Crippen LogP contribution in [-0.4, -0.2) is 32.4 Å². The summed E-state index contributed by atoms with van der Waals surface area (Å²) in [6, 6.07) is 12.9. The Bertz CT molecular complexity index is 1100. The molecule has 2 N–H and O–H groups in total. The van der Waals surface area contributed by atoms with E-state index in [0.717, 1.165) is 17.5 Å². The molecule has 0 bridgehead atoms. The lowest BCUT2D eigenvalue weighted by atomic mass is 10.2. The predicted octanol–water partition coefficient (Wildman–Crippen LogP) is 3.85. The molecule has 1 amide bonds. The van der Waals surface area contributed by atoms with Crippen LogP contribution in [0.2, 0.25) is 0 Å². The van der Waals surface area contributed by atoms with Crippen LogP contribution in [0.25, 0.3) is 11.0 Å². The van der Waals surface area contributed by atoms with Gasteiger partial charge in [0.2, 0.25) is 15.9 Å². The van der Waals surface area contributed by atoms with E-state index >= 15 is 0 Å². The van der Waals surface area contributed by atoms with Crippen molar-refractivity contribution in [3.05, 3.63) is 66.2 Å². The SMILES string of the molecule is CSCCC(NS(=O)(=O)c1ccccc1F)C(=O)NC(C)c1cc2ccccc2o1. The molecule has 0 spiro atoms. The average molecular weight is 451 g/mol. The first-order chi connectivity index (χ1) is 14.3. The summed E-state index contributed by atoms with van der Waals surface area (Å²) in [5, 5.41) is 3.70. The molecule has 1 heterocycles. The van der Waals surface area contributed by atoms with Crippen LogP contribution in [-0.2, 0) is 14.8 Å². The summed E-state index contributed by atoms with van der Waals surface area (Å²) in [5.41, 5.74) is 0.702. The van der Waals surface area contributed by atoms with Gasteiger partial charge in [0.25, 0.3) is 0 Å². The van der Waals surface area contributed by atoms with Crippen LogP contribution in [0, 0.1) is 5.82 Å². The van der Waals surface area contributed by atoms with Gasteiger partial charge in [0.1, 0.15) is 28.1 Å². The Morgan fingerprint density at radius 3 is 2.57 bits per heavy atom. The van der Waals surface area contributed by atoms with E-state index in [9.17, 15) is 17.6 Å². The van der Waals surface area contributed by atoms with Gasteiger partial charge < -0.3 is 9.73 Å². The van der Waals surface area contributed by atoms with E-state index in [1.807, 2.05) is 36.6 Å². The van der Waals surface area contributed by atoms with Crippen molar-refractivity contribution < 1.29 is 22.0 Å². The number of carbonyl (C=O) groups is 1. The summed E-state index contributed by atoms with van der Waals surface area (Å²) in [6.45, 7) is 1.76. The fraction of sp³-hybridized carbons (Fsp3) is 0.286. The monoisotopic (exact) mass is 450 g/mol. The number of thioether (sulfide) groups is 1. The number of sulfonamides is 1. The number of benzene rings is 2. The Balaban J connectivity index is 1.77. The predicted molar refractivity (Wildman–Crippen MR) is 116 cm³/mol. The molecule has 6 nitrogen and oxygen atoms in total. The summed E-state index contributed by atoms with van der Waals surface area (Å²) >= 11 is 1.48. The number of hydrogen-bond acceptors (Lipinski definition) is 5. The first kappa shape index (κ1) is 22.3. The minimum absolute atomic E-state index is 0.257. The Labute approximate surface area is 179 Å². The van der Waals surface area contributed by atoms with Crippen molar-refractivity contribution in [3.63, 3.8) is 0 Å². The molecule has 3 aromatic rings. The maximum atomic E-state index is 14.0. The number of rotatable bonds is 9. The normalized spacial score (nSPS) is 13.8. The van der Waals surface area contributed by atoms with Crippen molar-refractivity contribution in [2.45, 2.75) is 30.3 Å². The Hall–Kier alpha value is -2.36. The third kappa shape index (κ3) is 5.21. The maximum absolute atomic E-state index is 14.0. The molecule has 0 aliphatic heterocycles. The van der Waals surface area contributed by atoms with E-state index < -0.39 is 38.7 Å². The van der Waals surface area contributed by atoms with E-state index in [4.69, 9.17) is 4.42 Å². The van der Waals surface area contributed by atoms with Gasteiger partial charge >= 0.3 is 0 Å². The summed E-state index contributed by atoms with van der Waals surface area (Å²) in [4.78, 5) is 12.4. The van der Waals surface area contributed by atoms with Crippen LogP contribution >= 0.6 is 11.8 Å². The second-order valence-electron chi connectivity index (χ2n) is 6.80. The molecular weight excluding hydrogens is 427 g/mol. The number of para-hydroxylation sites is 1. The highest BCUT2D eigenvalue weighted by molar-refractivity contribution is 7.98. The molecule has 0 aliphatic rings. The largest absolute Gasteiger partial charge is 0.459 e. The molecule has 2 unspecified atom stereocenters. The fourth-order valence-corrected chi connectivity index (χ4v) is 4.77. The topological polar surface area (TPSA) is 88.4 Å². The zero-order valence-electron chi connectivity index (χ0n) is 16.6. The van der Waals surface area contributed by atoms with Gasteiger partial charge in [-0.3, -0.25) is 4.79 Å². The third-order valence-electron chi connectivity index (χ3n) is 4.58. The second kappa shape index (κ2) is 9.63. The van der Waals surface area contributed by atoms with Crippen LogP contribution < -0.4 is 10.0 Å². The van der Waals surface area contributed by atoms with Gasteiger partial charge in [-0.1, -0.05) is 30.3 Å². The van der Waals surface area contributed by atoms with Crippen LogP contribution in [0.4, 0.5) is 4.39 Å². The number of carbonyl (C=O) groups excluding carboxylic acids is 1. The van der Waals surface area contributed by atoms with Crippen molar-refractivity contribution >= 4 is 38.7 Å². The van der Waals surface area contributed by atoms with E-state index in [-0.39, 0.29) is 6.42 Å². The van der Waals surface area contributed by atoms with Crippen LogP contribution in [0.15, 0.2) is 63.9 Å². The van der Waals surface area contributed by atoms with Crippen molar-refractivity contribution in [3.8, 4) is 0 Å². The zero-order chi connectivity index (χ0) is 21.7. The second-order valence-corrected chi connectivity index (χ2v) is 9.47. The Kier molecular flexibility index (Phi) is 7.17. The summed E-state index contributed by atoms with van der Waals surface area (Å²) in [7, 11) is -4.21. The highest BCUT2D eigenvalue weighted by Gasteiger charge is 2.28. The van der Waals surface area contributed by atoms with Crippen molar-refractivity contribution in [2.24, 2.45) is 0 Å². The summed E-state index contributed by atoms with van der Waals surface area (Å²) in [6.07, 6.45) is 2.12. The smallest absolute Gasteiger partial charge is 0.244 e. The molecule has 3 rings (SSSR count). The van der Waals surface area contributed by atoms with Gasteiger partial charge in [-0.25, -0.2) is 12.8 Å². The molecule has 0 saturated carbocycles. The standard InChI is InChI=1S/C21H23FN2O4S2/c1-14(19-13-15-7-3-5-9-18(15)28-19)23-21(25)17(11-12-29-2)24-30(26,27)20-10-6-4-8-16(20)22/h3-10,13-14,17,24H,11-12H2,1-2H3,(H,23,25). The molecule has 0 fully saturated rings. The highest BCUT2D eigenvalue weighted by atomic mass is 32.2. The molecule has 9 heteroatoms. The lowest BCUT2D eigenvalue weighted by Gasteiger charge is -2.20. The number of furan rings is 1. The summed E-state index contributed by atoms with van der Waals surface area (Å²) in [5.74, 6) is -0.261. The minimum Gasteiger partial charge on any atom is -0.459 e. The van der Waals surface area contributed by atoms with E-state index in [2.05, 4.69) is 10.0 Å². The van der Waals surface area contributed by atoms with Crippen LogP contribution in [0.1, 0.15) is 25.1 Å². The van der Waals surface area contributed by atoms with Crippen molar-refractivity contribution in [1.82, 2.24) is 10.0 Å². The fourth-order valence-electron chi connectivity index (χ4n) is 2.99. The number of nitrogens with one attached hydrogen (secondary N) is 2. The van der Waals surface area contributed by atoms with E-state index in [1.54, 1.807) is 6.92 Å². The minimum atomic E-state index is -4.21. The van der Waals surface area contributed by atoms with Crippen LogP contribution in [0.3, 0.4) is 0 Å². The Morgan fingerprint density at radius 2 is 1.87 bits per heavy atom. The first-order valence-corrected chi connectivity index (χ1v) is 12.2. The third-order valence-corrected chi connectivity index (χ3v) is 6.73. The number of halogens is 1. The number of amides is 1. The quantitative estimate of drug-likeness (QED) is 0.517. The summed E-state index contributed by atoms with van der Waals surface area (Å²) < 4.78 is 47.4. The molecule has 160 valence electrons. The molecular formula is C21H23FN2O4S2. The molecule has 2 atom stereocenters. The molecule has 1 aromatic heterocycles. The lowest BCUT2D eigenvalue weighted by Crippen LogP contribution is -2.47. The van der Waals surface area contributed by atoms with Gasteiger partial charge in [0, 0.05) is 5.39 Å². The molecule has 0 aliphatic carbocycles. The zero-order valence-corrected chi connectivity index (χ0v) is 18.2. The van der Waals surface area contributed by atoms with Gasteiger partial charge in [0.15, 0.2) is 0 Å². The molecule has 2 aromatic carbocycles. The first-order valence-electron chi connectivity index (χ1n) is 9.36. The molecule has 0 radical (unpaired) electrons. The van der Waals surface area contributed by atoms with Gasteiger partial charge in [0.05, 0.1) is 6.04 Å².